The van der Waals surface area contributed by atoms with Crippen LogP contribution in [0.25, 0.3) is 10.9 Å². The van der Waals surface area contributed by atoms with Crippen molar-refractivity contribution in [3.8, 4) is 0 Å². The first kappa shape index (κ1) is 22.0. The summed E-state index contributed by atoms with van der Waals surface area (Å²) >= 11 is 19.8. The Morgan fingerprint density at radius 1 is 0.903 bits per heavy atom. The monoisotopic (exact) mass is 486 g/mol. The number of thioether (sulfide) groups is 1. The Hall–Kier alpha value is -2.24. The molecule has 0 spiro atoms. The predicted octanol–water partition coefficient (Wildman–Crippen LogP) is 8.04. The predicted molar refractivity (Wildman–Crippen MR) is 132 cm³/mol. The Kier molecular flexibility index (Phi) is 7.36. The minimum atomic E-state index is 0.251. The van der Waals surface area contributed by atoms with E-state index in [9.17, 15) is 0 Å². The number of hydrogen-bond donors (Lipinski definition) is 0. The van der Waals surface area contributed by atoms with Crippen molar-refractivity contribution in [3.63, 3.8) is 0 Å². The lowest BCUT2D eigenvalue weighted by molar-refractivity contribution is 0.132. The van der Waals surface area contributed by atoms with Crippen molar-refractivity contribution in [2.45, 2.75) is 17.4 Å². The molecule has 0 atom stereocenters. The van der Waals surface area contributed by atoms with E-state index in [1.807, 2.05) is 54.6 Å². The Bertz CT molecular complexity index is 1230. The Morgan fingerprint density at radius 3 is 2.48 bits per heavy atom. The van der Waals surface area contributed by atoms with Crippen molar-refractivity contribution in [2.75, 3.05) is 0 Å². The van der Waals surface area contributed by atoms with Crippen molar-refractivity contribution < 1.29 is 4.84 Å². The highest BCUT2D eigenvalue weighted by Gasteiger charge is 2.08. The van der Waals surface area contributed by atoms with Gasteiger partial charge in [0.1, 0.15) is 11.6 Å². The van der Waals surface area contributed by atoms with Crippen LogP contribution in [-0.2, 0) is 17.2 Å². The summed E-state index contributed by atoms with van der Waals surface area (Å²) in [6.07, 6.45) is 1.69. The van der Waals surface area contributed by atoms with Gasteiger partial charge in [0.05, 0.1) is 11.7 Å². The molecule has 3 nitrogen and oxygen atoms in total. The summed E-state index contributed by atoms with van der Waals surface area (Å²) in [5.41, 5.74) is 3.81. The maximum atomic E-state index is 6.19. The third kappa shape index (κ3) is 5.92. The highest BCUT2D eigenvalue weighted by molar-refractivity contribution is 7.98. The zero-order valence-corrected chi connectivity index (χ0v) is 19.3. The average Bonchev–Trinajstić information content (AvgIpc) is 2.77. The Morgan fingerprint density at radius 2 is 1.68 bits per heavy atom. The zero-order valence-electron chi connectivity index (χ0n) is 16.3. The molecular formula is C24H17Cl3N2OS. The fourth-order valence-corrected chi connectivity index (χ4v) is 4.42. The van der Waals surface area contributed by atoms with Crippen LogP contribution in [0, 0.1) is 0 Å². The summed E-state index contributed by atoms with van der Waals surface area (Å²) in [7, 11) is 0. The number of aromatic nitrogens is 1. The van der Waals surface area contributed by atoms with Crippen LogP contribution in [-0.4, -0.2) is 11.2 Å². The summed E-state index contributed by atoms with van der Waals surface area (Å²) in [6.45, 7) is 0.251. The number of nitrogens with zero attached hydrogens (tertiary/aromatic N) is 2. The third-order valence-electron chi connectivity index (χ3n) is 4.51. The molecule has 0 amide bonds. The van der Waals surface area contributed by atoms with Gasteiger partial charge in [-0.1, -0.05) is 76.4 Å². The van der Waals surface area contributed by atoms with Crippen molar-refractivity contribution >= 4 is 63.7 Å². The van der Waals surface area contributed by atoms with Crippen LogP contribution < -0.4 is 0 Å². The molecule has 0 aliphatic heterocycles. The SMILES string of the molecule is Clc1ccc(CSc2nc3ccccc3cc2/C=N/OCc2ccc(Cl)cc2Cl)cc1. The van der Waals surface area contributed by atoms with Crippen LogP contribution in [0.15, 0.2) is 83.0 Å². The van der Waals surface area contributed by atoms with E-state index >= 15 is 0 Å². The van der Waals surface area contributed by atoms with E-state index in [0.29, 0.717) is 10.0 Å². The number of halogens is 3. The summed E-state index contributed by atoms with van der Waals surface area (Å²) in [5.74, 6) is 0.768. The molecule has 4 aromatic rings. The molecule has 31 heavy (non-hydrogen) atoms. The van der Waals surface area contributed by atoms with Gasteiger partial charge < -0.3 is 4.84 Å². The number of oxime groups is 1. The smallest absolute Gasteiger partial charge is 0.143 e. The van der Waals surface area contributed by atoms with Crippen LogP contribution in [0.2, 0.25) is 15.1 Å². The first-order valence-corrected chi connectivity index (χ1v) is 11.6. The van der Waals surface area contributed by atoms with E-state index in [-0.39, 0.29) is 6.61 Å². The molecule has 0 fully saturated rings. The van der Waals surface area contributed by atoms with Gasteiger partial charge in [-0.05, 0) is 42.0 Å². The van der Waals surface area contributed by atoms with Gasteiger partial charge in [-0.25, -0.2) is 4.98 Å². The van der Waals surface area contributed by atoms with Crippen molar-refractivity contribution in [2.24, 2.45) is 5.16 Å². The maximum Gasteiger partial charge on any atom is 0.143 e. The second-order valence-electron chi connectivity index (χ2n) is 6.73. The fraction of sp³-hybridized carbons (Fsp3) is 0.0833. The quantitative estimate of drug-likeness (QED) is 0.150. The average molecular weight is 488 g/mol. The summed E-state index contributed by atoms with van der Waals surface area (Å²) in [5, 5.41) is 7.93. The Labute approximate surface area is 200 Å². The molecule has 0 aliphatic rings. The number of rotatable bonds is 7. The van der Waals surface area contributed by atoms with Gasteiger partial charge in [0.2, 0.25) is 0 Å². The third-order valence-corrected chi connectivity index (χ3v) is 6.42. The molecular weight excluding hydrogens is 471 g/mol. The highest BCUT2D eigenvalue weighted by Crippen LogP contribution is 2.28. The second-order valence-corrected chi connectivity index (χ2v) is 8.98. The molecule has 1 aromatic heterocycles. The number of benzene rings is 3. The van der Waals surface area contributed by atoms with Gasteiger partial charge in [0.25, 0.3) is 0 Å². The van der Waals surface area contributed by atoms with Crippen LogP contribution in [0.3, 0.4) is 0 Å². The van der Waals surface area contributed by atoms with Gasteiger partial charge >= 0.3 is 0 Å². The molecule has 0 saturated carbocycles. The molecule has 1 heterocycles. The molecule has 3 aromatic carbocycles. The minimum Gasteiger partial charge on any atom is -0.391 e. The molecule has 7 heteroatoms. The van der Waals surface area contributed by atoms with Crippen molar-refractivity contribution in [3.05, 3.63) is 105 Å². The van der Waals surface area contributed by atoms with Crippen LogP contribution >= 0.6 is 46.6 Å². The standard InChI is InChI=1S/C24H17Cl3N2OS/c25-20-8-5-16(6-9-20)15-31-24-19(11-17-3-1-2-4-23(17)29-24)13-28-30-14-18-7-10-21(26)12-22(18)27/h1-13H,14-15H2/b28-13+. The van der Waals surface area contributed by atoms with E-state index in [0.717, 1.165) is 37.8 Å². The van der Waals surface area contributed by atoms with E-state index < -0.39 is 0 Å². The molecule has 0 radical (unpaired) electrons. The molecule has 0 N–H and O–H groups in total. The minimum absolute atomic E-state index is 0.251. The lowest BCUT2D eigenvalue weighted by atomic mass is 10.2. The normalized spacial score (nSPS) is 11.3. The molecule has 0 aliphatic carbocycles. The maximum absolute atomic E-state index is 6.19. The van der Waals surface area contributed by atoms with E-state index in [4.69, 9.17) is 44.6 Å². The van der Waals surface area contributed by atoms with E-state index in [1.165, 1.54) is 5.56 Å². The van der Waals surface area contributed by atoms with Gasteiger partial charge in [0, 0.05) is 37.3 Å². The number of fused-ring (bicyclic) bond motifs is 1. The van der Waals surface area contributed by atoms with Crippen LogP contribution in [0.4, 0.5) is 0 Å². The molecule has 0 unspecified atom stereocenters. The molecule has 0 saturated heterocycles. The number of para-hydroxylation sites is 1. The highest BCUT2D eigenvalue weighted by atomic mass is 35.5. The number of pyridine rings is 1. The first-order valence-electron chi connectivity index (χ1n) is 9.45. The van der Waals surface area contributed by atoms with Crippen molar-refractivity contribution in [1.29, 1.82) is 0 Å². The summed E-state index contributed by atoms with van der Waals surface area (Å²) < 4.78 is 0. The second kappa shape index (κ2) is 10.4. The zero-order chi connectivity index (χ0) is 21.6. The largest absolute Gasteiger partial charge is 0.391 e. The summed E-state index contributed by atoms with van der Waals surface area (Å²) in [6, 6.07) is 23.2. The topological polar surface area (TPSA) is 34.5 Å². The van der Waals surface area contributed by atoms with Gasteiger partial charge in [-0.3, -0.25) is 0 Å². The first-order chi connectivity index (χ1) is 15.1. The molecule has 4 rings (SSSR count). The van der Waals surface area contributed by atoms with Crippen LogP contribution in [0.5, 0.6) is 0 Å². The number of hydrogen-bond acceptors (Lipinski definition) is 4. The van der Waals surface area contributed by atoms with Gasteiger partial charge in [-0.15, -0.1) is 11.8 Å². The van der Waals surface area contributed by atoms with Gasteiger partial charge in [-0.2, -0.15) is 0 Å². The van der Waals surface area contributed by atoms with E-state index in [1.54, 1.807) is 30.1 Å². The lowest BCUT2D eigenvalue weighted by Gasteiger charge is -2.08. The van der Waals surface area contributed by atoms with Gasteiger partial charge in [0.15, 0.2) is 0 Å². The van der Waals surface area contributed by atoms with E-state index in [2.05, 4.69) is 11.2 Å². The Balaban J connectivity index is 1.52. The summed E-state index contributed by atoms with van der Waals surface area (Å²) in [4.78, 5) is 10.3. The molecule has 156 valence electrons. The fourth-order valence-electron chi connectivity index (χ4n) is 2.89. The van der Waals surface area contributed by atoms with Crippen LogP contribution in [0.1, 0.15) is 16.7 Å². The molecule has 0 bridgehead atoms. The lowest BCUT2D eigenvalue weighted by Crippen LogP contribution is -1.95. The van der Waals surface area contributed by atoms with Crippen molar-refractivity contribution in [1.82, 2.24) is 4.98 Å².